The van der Waals surface area contributed by atoms with E-state index in [0.717, 1.165) is 49.7 Å². The summed E-state index contributed by atoms with van der Waals surface area (Å²) < 4.78 is 0. The van der Waals surface area contributed by atoms with Crippen LogP contribution in [0.15, 0.2) is 48.1 Å². The molecule has 3 N–H and O–H groups in total. The average molecular weight is 387 g/mol. The van der Waals surface area contributed by atoms with Crippen LogP contribution < -0.4 is 0 Å². The number of aliphatic hydroxyl groups excluding tert-OH is 2. The third-order valence-corrected chi connectivity index (χ3v) is 5.45. The van der Waals surface area contributed by atoms with Crippen molar-refractivity contribution in [2.45, 2.75) is 82.8 Å². The van der Waals surface area contributed by atoms with Crippen LogP contribution in [0.1, 0.15) is 87.9 Å². The van der Waals surface area contributed by atoms with E-state index in [-0.39, 0.29) is 12.3 Å². The van der Waals surface area contributed by atoms with Crippen molar-refractivity contribution in [3.8, 4) is 0 Å². The van der Waals surface area contributed by atoms with Gasteiger partial charge in [-0.3, -0.25) is 4.79 Å². The highest BCUT2D eigenvalue weighted by atomic mass is 16.4. The Morgan fingerprint density at radius 1 is 1.18 bits per heavy atom. The molecular formula is C24H34O4. The Kier molecular flexibility index (Phi) is 9.45. The largest absolute Gasteiger partial charge is 0.481 e. The molecule has 0 aliphatic heterocycles. The van der Waals surface area contributed by atoms with E-state index in [9.17, 15) is 15.0 Å². The Morgan fingerprint density at radius 2 is 1.93 bits per heavy atom. The second-order valence-corrected chi connectivity index (χ2v) is 7.70. The van der Waals surface area contributed by atoms with Crippen molar-refractivity contribution < 1.29 is 20.1 Å². The van der Waals surface area contributed by atoms with Gasteiger partial charge in [-0.25, -0.2) is 0 Å². The lowest BCUT2D eigenvalue weighted by Crippen LogP contribution is -2.14. The first-order valence-corrected chi connectivity index (χ1v) is 10.5. The molecule has 28 heavy (non-hydrogen) atoms. The number of hydrogen-bond acceptors (Lipinski definition) is 3. The molecule has 0 heterocycles. The number of unbranched alkanes of at least 4 members (excludes halogenated alkanes) is 3. The minimum atomic E-state index is -0.756. The fraction of sp³-hybridized carbons (Fsp3) is 0.542. The monoisotopic (exact) mass is 386 g/mol. The summed E-state index contributed by atoms with van der Waals surface area (Å²) in [5.41, 5.74) is 3.23. The van der Waals surface area contributed by atoms with E-state index >= 15 is 0 Å². The Balaban J connectivity index is 1.91. The van der Waals surface area contributed by atoms with Gasteiger partial charge in [0.2, 0.25) is 0 Å². The maximum absolute atomic E-state index is 10.5. The van der Waals surface area contributed by atoms with Gasteiger partial charge < -0.3 is 15.3 Å². The van der Waals surface area contributed by atoms with E-state index in [1.54, 1.807) is 0 Å². The van der Waals surface area contributed by atoms with Gasteiger partial charge in [-0.05, 0) is 43.2 Å². The smallest absolute Gasteiger partial charge is 0.303 e. The lowest BCUT2D eigenvalue weighted by molar-refractivity contribution is -0.137. The van der Waals surface area contributed by atoms with Crippen LogP contribution in [0, 0.1) is 0 Å². The molecule has 4 nitrogen and oxygen atoms in total. The van der Waals surface area contributed by atoms with Crippen LogP contribution in [0.4, 0.5) is 0 Å². The lowest BCUT2D eigenvalue weighted by Gasteiger charge is -2.20. The zero-order chi connectivity index (χ0) is 20.4. The number of carboxylic acid groups (broad SMARTS) is 1. The normalized spacial score (nSPS) is 20.5. The van der Waals surface area contributed by atoms with Crippen molar-refractivity contribution in [1.82, 2.24) is 0 Å². The second-order valence-electron chi connectivity index (χ2n) is 7.70. The number of allylic oxidation sites excluding steroid dienone is 2. The van der Waals surface area contributed by atoms with Gasteiger partial charge in [-0.1, -0.05) is 74.3 Å². The molecule has 0 aromatic heterocycles. The molecule has 1 aliphatic carbocycles. The standard InChI is InChI=1S/C24H34O4/c1-2-3-6-10-21(25)18-12-14-20(15-13-18)24-19(16-17-22(24)26)9-7-4-5-8-11-23(27)28/h4,7,12-16,21-22,24-26H,2-3,5-6,8-11,17H2,1H3,(H,27,28)/b7-4-/t21?,22-,24?/m1/s1. The summed E-state index contributed by atoms with van der Waals surface area (Å²) in [5.74, 6) is -0.760. The fourth-order valence-electron chi connectivity index (χ4n) is 3.82. The van der Waals surface area contributed by atoms with Gasteiger partial charge in [-0.2, -0.15) is 0 Å². The minimum absolute atomic E-state index is 0.00467. The highest BCUT2D eigenvalue weighted by Crippen LogP contribution is 2.38. The molecule has 3 atom stereocenters. The van der Waals surface area contributed by atoms with E-state index in [2.05, 4.69) is 19.1 Å². The highest BCUT2D eigenvalue weighted by Gasteiger charge is 2.28. The number of benzene rings is 1. The summed E-state index contributed by atoms with van der Waals surface area (Å²) in [7, 11) is 0. The first-order chi connectivity index (χ1) is 13.5. The molecule has 2 rings (SSSR count). The van der Waals surface area contributed by atoms with Gasteiger partial charge in [0, 0.05) is 12.3 Å². The molecule has 1 aromatic rings. The van der Waals surface area contributed by atoms with Crippen LogP contribution >= 0.6 is 0 Å². The van der Waals surface area contributed by atoms with E-state index < -0.39 is 18.2 Å². The molecule has 2 unspecified atom stereocenters. The molecular weight excluding hydrogens is 352 g/mol. The van der Waals surface area contributed by atoms with Crippen molar-refractivity contribution in [3.05, 3.63) is 59.2 Å². The Labute approximate surface area is 168 Å². The second kappa shape index (κ2) is 11.8. The van der Waals surface area contributed by atoms with Crippen LogP contribution in [0.5, 0.6) is 0 Å². The van der Waals surface area contributed by atoms with Crippen molar-refractivity contribution in [3.63, 3.8) is 0 Å². The molecule has 0 bridgehead atoms. The minimum Gasteiger partial charge on any atom is -0.481 e. The number of aliphatic hydroxyl groups is 2. The number of aliphatic carboxylic acids is 1. The zero-order valence-corrected chi connectivity index (χ0v) is 16.9. The third-order valence-electron chi connectivity index (χ3n) is 5.45. The van der Waals surface area contributed by atoms with Gasteiger partial charge >= 0.3 is 5.97 Å². The first-order valence-electron chi connectivity index (χ1n) is 10.5. The molecule has 0 amide bonds. The average Bonchev–Trinajstić information content (AvgIpc) is 3.05. The molecule has 0 spiro atoms. The number of hydrogen-bond donors (Lipinski definition) is 3. The molecule has 1 aliphatic rings. The molecule has 0 saturated heterocycles. The summed E-state index contributed by atoms with van der Waals surface area (Å²) >= 11 is 0. The Morgan fingerprint density at radius 3 is 2.61 bits per heavy atom. The van der Waals surface area contributed by atoms with Crippen molar-refractivity contribution in [2.24, 2.45) is 0 Å². The van der Waals surface area contributed by atoms with Crippen molar-refractivity contribution >= 4 is 5.97 Å². The number of carboxylic acids is 1. The first kappa shape index (κ1) is 22.4. The van der Waals surface area contributed by atoms with Gasteiger partial charge in [-0.15, -0.1) is 0 Å². The van der Waals surface area contributed by atoms with Gasteiger partial charge in [0.15, 0.2) is 0 Å². The topological polar surface area (TPSA) is 77.8 Å². The van der Waals surface area contributed by atoms with E-state index in [1.807, 2.05) is 30.3 Å². The van der Waals surface area contributed by atoms with Gasteiger partial charge in [0.25, 0.3) is 0 Å². The highest BCUT2D eigenvalue weighted by molar-refractivity contribution is 5.66. The summed E-state index contributed by atoms with van der Waals surface area (Å²) in [4.78, 5) is 10.5. The predicted molar refractivity (Wildman–Crippen MR) is 112 cm³/mol. The van der Waals surface area contributed by atoms with Crippen LogP contribution in [-0.2, 0) is 4.79 Å². The third kappa shape index (κ3) is 6.92. The molecule has 0 radical (unpaired) electrons. The SMILES string of the molecule is CCCCCC(O)c1ccc(C2C(C/C=C\CCCC(=O)O)=CC[C@H]2O)cc1. The molecule has 154 valence electrons. The Bertz CT molecular complexity index is 660. The fourth-order valence-corrected chi connectivity index (χ4v) is 3.82. The molecule has 1 aromatic carbocycles. The van der Waals surface area contributed by atoms with Crippen LogP contribution in [0.25, 0.3) is 0 Å². The molecule has 4 heteroatoms. The van der Waals surface area contributed by atoms with E-state index in [0.29, 0.717) is 12.8 Å². The van der Waals surface area contributed by atoms with Crippen molar-refractivity contribution in [2.75, 3.05) is 0 Å². The maximum atomic E-state index is 10.5. The summed E-state index contributed by atoms with van der Waals surface area (Å²) in [6, 6.07) is 8.02. The summed E-state index contributed by atoms with van der Waals surface area (Å²) in [5, 5.41) is 29.4. The quantitative estimate of drug-likeness (QED) is 0.337. The summed E-state index contributed by atoms with van der Waals surface area (Å²) in [6.07, 6.45) is 12.6. The zero-order valence-electron chi connectivity index (χ0n) is 16.9. The van der Waals surface area contributed by atoms with Gasteiger partial charge in [0.1, 0.15) is 0 Å². The molecule has 0 fully saturated rings. The number of rotatable bonds is 12. The Hall–Kier alpha value is -1.91. The summed E-state index contributed by atoms with van der Waals surface area (Å²) in [6.45, 7) is 2.16. The van der Waals surface area contributed by atoms with Gasteiger partial charge in [0.05, 0.1) is 12.2 Å². The van der Waals surface area contributed by atoms with E-state index in [4.69, 9.17) is 5.11 Å². The lowest BCUT2D eigenvalue weighted by atomic mass is 9.88. The maximum Gasteiger partial charge on any atom is 0.303 e. The van der Waals surface area contributed by atoms with Crippen LogP contribution in [-0.4, -0.2) is 27.4 Å². The predicted octanol–water partition coefficient (Wildman–Crippen LogP) is 5.28. The van der Waals surface area contributed by atoms with Crippen LogP contribution in [0.3, 0.4) is 0 Å². The molecule has 0 saturated carbocycles. The van der Waals surface area contributed by atoms with E-state index in [1.165, 1.54) is 5.57 Å². The number of carbonyl (C=O) groups is 1. The van der Waals surface area contributed by atoms with Crippen LogP contribution in [0.2, 0.25) is 0 Å². The van der Waals surface area contributed by atoms with Crippen molar-refractivity contribution in [1.29, 1.82) is 0 Å².